The molecule has 7 rings (SSSR count). The summed E-state index contributed by atoms with van der Waals surface area (Å²) in [5.74, 6) is 0. The molecular formula is C38H44IN5. The van der Waals surface area contributed by atoms with Crippen molar-refractivity contribution < 1.29 is 28.5 Å². The molecule has 228 valence electrons. The van der Waals surface area contributed by atoms with E-state index in [9.17, 15) is 0 Å². The van der Waals surface area contributed by atoms with Gasteiger partial charge in [-0.2, -0.15) is 0 Å². The van der Waals surface area contributed by atoms with Crippen molar-refractivity contribution in [3.8, 4) is 17.1 Å². The van der Waals surface area contributed by atoms with Gasteiger partial charge < -0.3 is 38.3 Å². The summed E-state index contributed by atoms with van der Waals surface area (Å²) in [6.07, 6.45) is 12.2. The number of fused-ring (bicyclic) bond motifs is 3. The Morgan fingerprint density at radius 1 is 0.818 bits per heavy atom. The third-order valence-corrected chi connectivity index (χ3v) is 10.3. The van der Waals surface area contributed by atoms with Crippen molar-refractivity contribution in [3.63, 3.8) is 0 Å². The number of nitrogens with zero attached hydrogens (tertiary/aromatic N) is 4. The minimum Gasteiger partial charge on any atom is -1.00 e. The molecule has 0 amide bonds. The van der Waals surface area contributed by atoms with Gasteiger partial charge in [0.15, 0.2) is 0 Å². The second-order valence-electron chi connectivity index (χ2n) is 12.9. The Hall–Kier alpha value is -3.23. The normalized spacial score (nSPS) is 22.0. The van der Waals surface area contributed by atoms with E-state index in [0.29, 0.717) is 5.54 Å². The average molecular weight is 698 g/mol. The lowest BCUT2D eigenvalue weighted by molar-refractivity contribution is -0.970. The van der Waals surface area contributed by atoms with Gasteiger partial charge >= 0.3 is 0 Å². The molecule has 2 saturated heterocycles. The maximum Gasteiger partial charge on any atom is 0.0990 e. The van der Waals surface area contributed by atoms with Gasteiger partial charge in [0.1, 0.15) is 0 Å². The first-order valence-electron chi connectivity index (χ1n) is 16.3. The van der Waals surface area contributed by atoms with Crippen molar-refractivity contribution in [1.82, 2.24) is 9.55 Å². The second-order valence-corrected chi connectivity index (χ2v) is 12.9. The lowest BCUT2D eigenvalue weighted by atomic mass is 9.74. The van der Waals surface area contributed by atoms with E-state index in [1.165, 1.54) is 68.9 Å². The van der Waals surface area contributed by atoms with Crippen molar-refractivity contribution in [2.45, 2.75) is 63.3 Å². The summed E-state index contributed by atoms with van der Waals surface area (Å²) in [5.41, 5.74) is 7.78. The average Bonchev–Trinajstić information content (AvgIpc) is 3.04. The van der Waals surface area contributed by atoms with Crippen LogP contribution in [0, 0.1) is 0 Å². The van der Waals surface area contributed by atoms with Gasteiger partial charge in [0, 0.05) is 37.2 Å². The first-order chi connectivity index (χ1) is 21.1. The minimum absolute atomic E-state index is 0. The molecule has 3 aromatic rings. The highest BCUT2D eigenvalue weighted by molar-refractivity contribution is 5.84. The van der Waals surface area contributed by atoms with Crippen LogP contribution >= 0.6 is 0 Å². The Morgan fingerprint density at radius 2 is 1.50 bits per heavy atom. The molecule has 0 unspecified atom stereocenters. The van der Waals surface area contributed by atoms with Crippen molar-refractivity contribution in [1.29, 1.82) is 0 Å². The number of rotatable bonds is 8. The van der Waals surface area contributed by atoms with Gasteiger partial charge in [-0.25, -0.2) is 4.98 Å². The molecule has 44 heavy (non-hydrogen) atoms. The van der Waals surface area contributed by atoms with E-state index in [1.54, 1.807) is 0 Å². The number of piperidine rings is 2. The molecular weight excluding hydrogens is 653 g/mol. The fourth-order valence-corrected chi connectivity index (χ4v) is 7.97. The Labute approximate surface area is 279 Å². The summed E-state index contributed by atoms with van der Waals surface area (Å²) in [7, 11) is 2.55. The van der Waals surface area contributed by atoms with Crippen molar-refractivity contribution >= 4 is 22.4 Å². The Morgan fingerprint density at radius 3 is 2.25 bits per heavy atom. The van der Waals surface area contributed by atoms with E-state index in [0.717, 1.165) is 57.8 Å². The van der Waals surface area contributed by atoms with Crippen LogP contribution in [0.3, 0.4) is 0 Å². The topological polar surface area (TPSA) is 42.2 Å². The summed E-state index contributed by atoms with van der Waals surface area (Å²) >= 11 is 0. The molecule has 5 nitrogen and oxygen atoms in total. The van der Waals surface area contributed by atoms with Crippen LogP contribution in [-0.4, -0.2) is 46.3 Å². The van der Waals surface area contributed by atoms with E-state index >= 15 is 0 Å². The Balaban J connectivity index is 0.00000343. The number of anilines is 2. The first kappa shape index (κ1) is 30.8. The van der Waals surface area contributed by atoms with Crippen molar-refractivity contribution in [3.05, 3.63) is 102 Å². The molecule has 1 aliphatic carbocycles. The van der Waals surface area contributed by atoms with Crippen LogP contribution in [0.25, 0.3) is 28.1 Å². The quantitative estimate of drug-likeness (QED) is 0.101. The van der Waals surface area contributed by atoms with Crippen LogP contribution in [-0.2, 0) is 0 Å². The van der Waals surface area contributed by atoms with E-state index in [1.807, 2.05) is 0 Å². The summed E-state index contributed by atoms with van der Waals surface area (Å²) in [6, 6.07) is 33.8. The van der Waals surface area contributed by atoms with E-state index in [4.69, 9.17) is 9.98 Å². The van der Waals surface area contributed by atoms with Crippen LogP contribution in [0.4, 0.5) is 11.4 Å². The zero-order valence-electron chi connectivity index (χ0n) is 25.9. The molecule has 0 radical (unpaired) electrons. The summed E-state index contributed by atoms with van der Waals surface area (Å²) in [4.78, 5) is 10.4. The van der Waals surface area contributed by atoms with Crippen LogP contribution in [0.15, 0.2) is 102 Å². The highest BCUT2D eigenvalue weighted by atomic mass is 127. The Bertz CT molecular complexity index is 1720. The molecule has 0 aromatic heterocycles. The molecule has 0 spiro atoms. The molecule has 3 aliphatic heterocycles. The predicted octanol–water partition coefficient (Wildman–Crippen LogP) is 5.50. The molecule has 0 bridgehead atoms. The third-order valence-electron chi connectivity index (χ3n) is 10.3. The molecule has 2 fully saturated rings. The number of hydrogen-bond donors (Lipinski definition) is 1. The van der Waals surface area contributed by atoms with Crippen LogP contribution in [0.5, 0.6) is 0 Å². The zero-order chi connectivity index (χ0) is 29.1. The number of halogens is 1. The monoisotopic (exact) mass is 697 g/mol. The molecule has 6 heteroatoms. The lowest BCUT2D eigenvalue weighted by Crippen LogP contribution is -3.00. The molecule has 4 aliphatic rings. The maximum atomic E-state index is 5.26. The number of nitrogens with one attached hydrogen (secondary N) is 1. The van der Waals surface area contributed by atoms with Gasteiger partial charge in [0.2, 0.25) is 0 Å². The van der Waals surface area contributed by atoms with Gasteiger partial charge in [0.05, 0.1) is 59.1 Å². The van der Waals surface area contributed by atoms with Crippen LogP contribution in [0.2, 0.25) is 0 Å². The van der Waals surface area contributed by atoms with Crippen LogP contribution < -0.4 is 34.7 Å². The fourth-order valence-electron chi connectivity index (χ4n) is 7.97. The highest BCUT2D eigenvalue weighted by Crippen LogP contribution is 2.45. The SMILES string of the molecule is C[N+]12CCCCC1(CCCCN=c1cc3n(-c4ccccc4)c4ccccc4nc-3cc1Nc1ccccc1)CCCC2.[I-]. The number of quaternary nitrogens is 1. The number of para-hydroxylation sites is 4. The molecule has 3 aromatic carbocycles. The van der Waals surface area contributed by atoms with E-state index in [2.05, 4.69) is 114 Å². The highest BCUT2D eigenvalue weighted by Gasteiger charge is 2.50. The van der Waals surface area contributed by atoms with Crippen LogP contribution in [0.1, 0.15) is 57.8 Å². The van der Waals surface area contributed by atoms with Gasteiger partial charge in [-0.3, -0.25) is 4.99 Å². The zero-order valence-corrected chi connectivity index (χ0v) is 28.0. The predicted molar refractivity (Wildman–Crippen MR) is 178 cm³/mol. The third kappa shape index (κ3) is 6.03. The number of unbranched alkanes of at least 4 members (excludes halogenated alkanes) is 1. The number of benzene rings is 4. The number of hydrogen-bond acceptors (Lipinski definition) is 3. The molecule has 3 heterocycles. The largest absolute Gasteiger partial charge is 1.00 e. The lowest BCUT2D eigenvalue weighted by Gasteiger charge is -2.57. The summed E-state index contributed by atoms with van der Waals surface area (Å²) in [5, 5.41) is 4.65. The standard InChI is InChI=1S/C38H44N5.HI/c1-43-26-14-11-23-38(43,24-12-15-27-43)22-10-13-25-39-33-29-37-35(28-34(33)40-30-16-4-2-5-17-30)41-32-20-8-9-21-36(32)42(37)31-18-6-3-7-19-31;/h2-9,16-21,28-29,40H,10-15,22-27H2,1H3;1H/q+1;/p-1. The second kappa shape index (κ2) is 13.4. The molecule has 0 saturated carbocycles. The smallest absolute Gasteiger partial charge is 0.0990 e. The first-order valence-corrected chi connectivity index (χ1v) is 16.3. The molecule has 0 atom stereocenters. The number of aromatic nitrogens is 2. The van der Waals surface area contributed by atoms with Crippen molar-refractivity contribution in [2.75, 3.05) is 32.0 Å². The Kier molecular flexibility index (Phi) is 9.38. The minimum atomic E-state index is 0. The van der Waals surface area contributed by atoms with Gasteiger partial charge in [-0.05, 0) is 87.1 Å². The van der Waals surface area contributed by atoms with E-state index in [-0.39, 0.29) is 24.0 Å². The van der Waals surface area contributed by atoms with Gasteiger partial charge in [-0.1, -0.05) is 48.5 Å². The van der Waals surface area contributed by atoms with Gasteiger partial charge in [-0.15, -0.1) is 0 Å². The summed E-state index contributed by atoms with van der Waals surface area (Å²) < 4.78 is 3.65. The van der Waals surface area contributed by atoms with Crippen molar-refractivity contribution in [2.24, 2.45) is 4.99 Å². The maximum absolute atomic E-state index is 5.26. The van der Waals surface area contributed by atoms with E-state index < -0.39 is 0 Å². The summed E-state index contributed by atoms with van der Waals surface area (Å²) in [6.45, 7) is 3.58. The fraction of sp³-hybridized carbons (Fsp3) is 0.368. The van der Waals surface area contributed by atoms with Gasteiger partial charge in [0.25, 0.3) is 0 Å². The molecule has 1 N–H and O–H groups in total.